The molecule has 2 fully saturated rings. The highest BCUT2D eigenvalue weighted by molar-refractivity contribution is 6.18. The summed E-state index contributed by atoms with van der Waals surface area (Å²) in [6, 6.07) is 0.470. The van der Waals surface area contributed by atoms with Gasteiger partial charge in [0, 0.05) is 24.4 Å². The van der Waals surface area contributed by atoms with Gasteiger partial charge in [0.05, 0.1) is 0 Å². The summed E-state index contributed by atoms with van der Waals surface area (Å²) in [6.45, 7) is 2.98. The van der Waals surface area contributed by atoms with E-state index >= 15 is 0 Å². The van der Waals surface area contributed by atoms with Gasteiger partial charge in [-0.3, -0.25) is 4.79 Å². The second-order valence-electron chi connectivity index (χ2n) is 6.03. The van der Waals surface area contributed by atoms with Gasteiger partial charge < -0.3 is 4.90 Å². The summed E-state index contributed by atoms with van der Waals surface area (Å²) in [5.74, 6) is 1.81. The minimum Gasteiger partial charge on any atom is -0.338 e. The van der Waals surface area contributed by atoms with Gasteiger partial charge in [-0.15, -0.1) is 11.6 Å². The van der Waals surface area contributed by atoms with E-state index in [0.717, 1.165) is 13.0 Å². The molecular formula is C15H26ClNO. The van der Waals surface area contributed by atoms with Crippen LogP contribution in [0.4, 0.5) is 0 Å². The van der Waals surface area contributed by atoms with Crippen LogP contribution in [0.15, 0.2) is 0 Å². The molecule has 0 saturated heterocycles. The van der Waals surface area contributed by atoms with Gasteiger partial charge in [0.2, 0.25) is 5.91 Å². The zero-order valence-electron chi connectivity index (χ0n) is 11.5. The van der Waals surface area contributed by atoms with Crippen molar-refractivity contribution in [3.63, 3.8) is 0 Å². The minimum absolute atomic E-state index is 0.273. The van der Waals surface area contributed by atoms with Gasteiger partial charge in [-0.2, -0.15) is 0 Å². The molecule has 1 amide bonds. The fraction of sp³-hybridized carbons (Fsp3) is 0.933. The van der Waals surface area contributed by atoms with Crippen LogP contribution in [0.3, 0.4) is 0 Å². The summed E-state index contributed by atoms with van der Waals surface area (Å²) < 4.78 is 0. The van der Waals surface area contributed by atoms with Crippen molar-refractivity contribution in [2.45, 2.75) is 64.3 Å². The molecule has 0 heterocycles. The molecule has 0 N–H and O–H groups in total. The zero-order valence-corrected chi connectivity index (χ0v) is 12.3. The van der Waals surface area contributed by atoms with Crippen molar-refractivity contribution in [2.24, 2.45) is 11.8 Å². The van der Waals surface area contributed by atoms with Crippen LogP contribution in [0.5, 0.6) is 0 Å². The number of halogens is 1. The van der Waals surface area contributed by atoms with Gasteiger partial charge in [-0.25, -0.2) is 0 Å². The monoisotopic (exact) mass is 271 g/mol. The van der Waals surface area contributed by atoms with Crippen LogP contribution in [0, 0.1) is 11.8 Å². The lowest BCUT2D eigenvalue weighted by Gasteiger charge is -2.36. The molecule has 104 valence electrons. The second kappa shape index (κ2) is 6.79. The highest BCUT2D eigenvalue weighted by Gasteiger charge is 2.35. The van der Waals surface area contributed by atoms with Crippen molar-refractivity contribution in [1.82, 2.24) is 4.90 Å². The van der Waals surface area contributed by atoms with Gasteiger partial charge in [0.15, 0.2) is 0 Å². The molecule has 2 atom stereocenters. The number of alkyl halides is 1. The van der Waals surface area contributed by atoms with Crippen LogP contribution < -0.4 is 0 Å². The van der Waals surface area contributed by atoms with Gasteiger partial charge in [0.25, 0.3) is 0 Å². The van der Waals surface area contributed by atoms with Gasteiger partial charge in [-0.1, -0.05) is 32.6 Å². The molecule has 0 spiro atoms. The predicted octanol–water partition coefficient (Wildman–Crippen LogP) is 3.82. The molecule has 0 bridgehead atoms. The van der Waals surface area contributed by atoms with Crippen LogP contribution >= 0.6 is 11.6 Å². The third-order valence-corrected chi connectivity index (χ3v) is 4.97. The Morgan fingerprint density at radius 1 is 1.11 bits per heavy atom. The molecule has 0 aromatic rings. The molecule has 0 radical (unpaired) electrons. The van der Waals surface area contributed by atoms with Gasteiger partial charge >= 0.3 is 0 Å². The van der Waals surface area contributed by atoms with Crippen molar-refractivity contribution in [1.29, 1.82) is 0 Å². The van der Waals surface area contributed by atoms with Crippen LogP contribution in [0.2, 0.25) is 0 Å². The van der Waals surface area contributed by atoms with E-state index in [9.17, 15) is 4.79 Å². The Hall–Kier alpha value is -0.240. The predicted molar refractivity (Wildman–Crippen MR) is 75.8 cm³/mol. The number of hydrogen-bond donors (Lipinski definition) is 0. The van der Waals surface area contributed by atoms with Crippen molar-refractivity contribution in [2.75, 3.05) is 12.4 Å². The Labute approximate surface area is 116 Å². The summed E-state index contributed by atoms with van der Waals surface area (Å²) in [6.07, 6.45) is 9.78. The maximum absolute atomic E-state index is 12.7. The van der Waals surface area contributed by atoms with E-state index in [1.807, 2.05) is 0 Å². The summed E-state index contributed by atoms with van der Waals surface area (Å²) >= 11 is 5.91. The maximum atomic E-state index is 12.7. The lowest BCUT2D eigenvalue weighted by Crippen LogP contribution is -2.46. The molecule has 2 aliphatic carbocycles. The molecule has 2 saturated carbocycles. The van der Waals surface area contributed by atoms with E-state index in [-0.39, 0.29) is 5.92 Å². The first-order valence-corrected chi connectivity index (χ1v) is 8.14. The topological polar surface area (TPSA) is 20.3 Å². The largest absolute Gasteiger partial charge is 0.338 e. The van der Waals surface area contributed by atoms with Gasteiger partial charge in [-0.05, 0) is 31.6 Å². The number of carbonyl (C=O) groups is 1. The third-order valence-electron chi connectivity index (χ3n) is 4.80. The smallest absolute Gasteiger partial charge is 0.226 e. The average Bonchev–Trinajstić information content (AvgIpc) is 2.82. The zero-order chi connectivity index (χ0) is 13.0. The van der Waals surface area contributed by atoms with Crippen LogP contribution in [-0.2, 0) is 4.79 Å². The van der Waals surface area contributed by atoms with Crippen molar-refractivity contribution in [3.8, 4) is 0 Å². The van der Waals surface area contributed by atoms with Crippen molar-refractivity contribution < 1.29 is 4.79 Å². The lowest BCUT2D eigenvalue weighted by molar-refractivity contribution is -0.139. The standard InChI is InChI=1S/C15H26ClNO/c1-12-6-5-9-14(12)15(18)17(11-10-16)13-7-3-2-4-8-13/h12-14H,2-11H2,1H3. The van der Waals surface area contributed by atoms with E-state index < -0.39 is 0 Å². The summed E-state index contributed by atoms with van der Waals surface area (Å²) in [5, 5.41) is 0. The quantitative estimate of drug-likeness (QED) is 0.712. The second-order valence-corrected chi connectivity index (χ2v) is 6.41. The summed E-state index contributed by atoms with van der Waals surface area (Å²) in [4.78, 5) is 14.8. The Bertz CT molecular complexity index is 276. The number of rotatable bonds is 4. The minimum atomic E-state index is 0.273. The maximum Gasteiger partial charge on any atom is 0.226 e. The first-order chi connectivity index (χ1) is 8.74. The number of hydrogen-bond acceptors (Lipinski definition) is 1. The molecule has 2 nitrogen and oxygen atoms in total. The number of nitrogens with zero attached hydrogens (tertiary/aromatic N) is 1. The molecule has 18 heavy (non-hydrogen) atoms. The van der Waals surface area contributed by atoms with Crippen molar-refractivity contribution in [3.05, 3.63) is 0 Å². The van der Waals surface area contributed by atoms with E-state index in [1.54, 1.807) is 0 Å². The van der Waals surface area contributed by atoms with Crippen LogP contribution in [0.25, 0.3) is 0 Å². The number of amides is 1. The first-order valence-electron chi connectivity index (χ1n) is 7.60. The highest BCUT2D eigenvalue weighted by Crippen LogP contribution is 2.34. The third kappa shape index (κ3) is 3.20. The Kier molecular flexibility index (Phi) is 5.35. The molecule has 0 aromatic heterocycles. The van der Waals surface area contributed by atoms with E-state index in [1.165, 1.54) is 44.9 Å². The highest BCUT2D eigenvalue weighted by atomic mass is 35.5. The molecule has 3 heteroatoms. The molecule has 0 aliphatic heterocycles. The SMILES string of the molecule is CC1CCCC1C(=O)N(CCCl)C1CCCCC1. The lowest BCUT2D eigenvalue weighted by atomic mass is 9.91. The van der Waals surface area contributed by atoms with Crippen molar-refractivity contribution >= 4 is 17.5 Å². The summed E-state index contributed by atoms with van der Waals surface area (Å²) in [5.41, 5.74) is 0. The first kappa shape index (κ1) is 14.2. The van der Waals surface area contributed by atoms with Crippen LogP contribution in [0.1, 0.15) is 58.3 Å². The molecule has 2 rings (SSSR count). The fourth-order valence-corrected chi connectivity index (χ4v) is 3.86. The van der Waals surface area contributed by atoms with E-state index in [4.69, 9.17) is 11.6 Å². The molecule has 0 aromatic carbocycles. The molecular weight excluding hydrogens is 246 g/mol. The van der Waals surface area contributed by atoms with E-state index in [2.05, 4.69) is 11.8 Å². The van der Waals surface area contributed by atoms with Gasteiger partial charge in [0.1, 0.15) is 0 Å². The molecule has 2 aliphatic rings. The number of carbonyl (C=O) groups excluding carboxylic acids is 1. The Morgan fingerprint density at radius 2 is 1.83 bits per heavy atom. The van der Waals surface area contributed by atoms with E-state index in [0.29, 0.717) is 23.7 Å². The Balaban J connectivity index is 2.01. The fourth-order valence-electron chi connectivity index (χ4n) is 3.68. The molecule has 2 unspecified atom stereocenters. The average molecular weight is 272 g/mol. The Morgan fingerprint density at radius 3 is 2.39 bits per heavy atom. The normalized spacial score (nSPS) is 29.4. The summed E-state index contributed by atoms with van der Waals surface area (Å²) in [7, 11) is 0. The van der Waals surface area contributed by atoms with Crippen LogP contribution in [-0.4, -0.2) is 29.3 Å².